The van der Waals surface area contributed by atoms with Gasteiger partial charge in [0.1, 0.15) is 0 Å². The number of carboxylic acids is 1. The smallest absolute Gasteiger partial charge is 0.328 e. The van der Waals surface area contributed by atoms with E-state index in [1.165, 1.54) is 0 Å². The Kier molecular flexibility index (Phi) is 6.53. The van der Waals surface area contributed by atoms with E-state index in [4.69, 9.17) is 9.84 Å². The van der Waals surface area contributed by atoms with E-state index in [1.54, 1.807) is 7.11 Å². The average molecular weight is 187 g/mol. The van der Waals surface area contributed by atoms with Crippen molar-refractivity contribution in [2.45, 2.75) is 6.42 Å². The van der Waals surface area contributed by atoms with Gasteiger partial charge in [0.25, 0.3) is 0 Å². The van der Waals surface area contributed by atoms with Crippen molar-refractivity contribution in [2.24, 2.45) is 0 Å². The van der Waals surface area contributed by atoms with Crippen molar-refractivity contribution in [1.82, 2.24) is 5.32 Å². The molecule has 0 spiro atoms. The van der Waals surface area contributed by atoms with Crippen molar-refractivity contribution in [3.05, 3.63) is 12.2 Å². The fourth-order valence-electron chi connectivity index (χ4n) is 0.634. The summed E-state index contributed by atoms with van der Waals surface area (Å²) in [5.74, 6) is -1.54. The molecule has 0 heterocycles. The Morgan fingerprint density at radius 2 is 2.15 bits per heavy atom. The molecule has 0 unspecified atom stereocenters. The molecule has 0 saturated heterocycles. The van der Waals surface area contributed by atoms with Gasteiger partial charge in [-0.1, -0.05) is 0 Å². The van der Waals surface area contributed by atoms with Crippen LogP contribution in [0.4, 0.5) is 0 Å². The van der Waals surface area contributed by atoms with Crippen LogP contribution in [0.3, 0.4) is 0 Å². The average Bonchev–Trinajstić information content (AvgIpc) is 2.09. The van der Waals surface area contributed by atoms with Crippen LogP contribution in [-0.2, 0) is 14.3 Å². The number of rotatable bonds is 6. The summed E-state index contributed by atoms with van der Waals surface area (Å²) in [5.41, 5.74) is 0. The first-order valence-electron chi connectivity index (χ1n) is 3.84. The number of amides is 1. The highest BCUT2D eigenvalue weighted by atomic mass is 16.5. The number of hydrogen-bond donors (Lipinski definition) is 2. The van der Waals surface area contributed by atoms with Crippen LogP contribution in [0, 0.1) is 0 Å². The van der Waals surface area contributed by atoms with E-state index in [9.17, 15) is 9.59 Å². The highest BCUT2D eigenvalue weighted by Gasteiger charge is 1.95. The van der Waals surface area contributed by atoms with Gasteiger partial charge < -0.3 is 15.2 Å². The van der Waals surface area contributed by atoms with E-state index in [-0.39, 0.29) is 0 Å². The number of ether oxygens (including phenoxy) is 1. The number of hydrogen-bond acceptors (Lipinski definition) is 3. The van der Waals surface area contributed by atoms with Gasteiger partial charge in [-0.25, -0.2) is 4.79 Å². The summed E-state index contributed by atoms with van der Waals surface area (Å²) in [5, 5.41) is 10.7. The van der Waals surface area contributed by atoms with Crippen molar-refractivity contribution in [2.75, 3.05) is 20.3 Å². The largest absolute Gasteiger partial charge is 0.478 e. The van der Waals surface area contributed by atoms with Gasteiger partial charge in [-0.05, 0) is 6.42 Å². The standard InChI is InChI=1S/C8H13NO4/c1-13-6-2-5-9-7(10)3-4-8(11)12/h3-4H,2,5-6H2,1H3,(H,9,10)(H,11,12). The molecule has 0 aliphatic heterocycles. The van der Waals surface area contributed by atoms with Crippen molar-refractivity contribution in [3.8, 4) is 0 Å². The second kappa shape index (κ2) is 7.30. The van der Waals surface area contributed by atoms with E-state index >= 15 is 0 Å². The molecule has 0 aromatic carbocycles. The maximum Gasteiger partial charge on any atom is 0.328 e. The van der Waals surface area contributed by atoms with Gasteiger partial charge in [0.15, 0.2) is 0 Å². The molecule has 0 saturated carbocycles. The summed E-state index contributed by atoms with van der Waals surface area (Å²) in [6, 6.07) is 0. The maximum atomic E-state index is 10.8. The second-order valence-electron chi connectivity index (χ2n) is 2.31. The minimum absolute atomic E-state index is 0.404. The van der Waals surface area contributed by atoms with Crippen molar-refractivity contribution >= 4 is 11.9 Å². The minimum atomic E-state index is -1.13. The number of methoxy groups -OCH3 is 1. The molecule has 1 amide bonds. The molecule has 0 aliphatic carbocycles. The van der Waals surface area contributed by atoms with Gasteiger partial charge in [0.2, 0.25) is 5.91 Å². The Morgan fingerprint density at radius 3 is 2.69 bits per heavy atom. The lowest BCUT2D eigenvalue weighted by Gasteiger charge is -2.00. The molecular formula is C8H13NO4. The molecular weight excluding hydrogens is 174 g/mol. The number of aliphatic carboxylic acids is 1. The summed E-state index contributed by atoms with van der Waals surface area (Å²) >= 11 is 0. The predicted octanol–water partition coefficient (Wildman–Crippen LogP) is -0.220. The van der Waals surface area contributed by atoms with Crippen molar-refractivity contribution < 1.29 is 19.4 Å². The van der Waals surface area contributed by atoms with Crippen LogP contribution in [0.1, 0.15) is 6.42 Å². The van der Waals surface area contributed by atoms with Gasteiger partial charge in [0, 0.05) is 32.4 Å². The van der Waals surface area contributed by atoms with Gasteiger partial charge in [-0.15, -0.1) is 0 Å². The third-order valence-electron chi connectivity index (χ3n) is 1.20. The van der Waals surface area contributed by atoms with Crippen LogP contribution in [0.2, 0.25) is 0 Å². The lowest BCUT2D eigenvalue weighted by atomic mass is 10.4. The van der Waals surface area contributed by atoms with Crippen LogP contribution < -0.4 is 5.32 Å². The first kappa shape index (κ1) is 11.6. The van der Waals surface area contributed by atoms with Crippen LogP contribution in [-0.4, -0.2) is 37.2 Å². The molecule has 0 aliphatic rings. The normalized spacial score (nSPS) is 10.2. The van der Waals surface area contributed by atoms with Crippen molar-refractivity contribution in [3.63, 3.8) is 0 Å². The molecule has 74 valence electrons. The molecule has 0 atom stereocenters. The lowest BCUT2D eigenvalue weighted by molar-refractivity contribution is -0.131. The summed E-state index contributed by atoms with van der Waals surface area (Å²) in [6.07, 6.45) is 2.49. The first-order chi connectivity index (χ1) is 6.16. The minimum Gasteiger partial charge on any atom is -0.478 e. The molecule has 0 rings (SSSR count). The molecule has 0 aromatic rings. The van der Waals surface area contributed by atoms with E-state index in [0.717, 1.165) is 12.2 Å². The van der Waals surface area contributed by atoms with Crippen LogP contribution in [0.25, 0.3) is 0 Å². The fraction of sp³-hybridized carbons (Fsp3) is 0.500. The first-order valence-corrected chi connectivity index (χ1v) is 3.84. The fourth-order valence-corrected chi connectivity index (χ4v) is 0.634. The molecule has 5 heteroatoms. The molecule has 0 fully saturated rings. The molecule has 0 aromatic heterocycles. The van der Waals surface area contributed by atoms with Crippen molar-refractivity contribution in [1.29, 1.82) is 0 Å². The molecule has 0 radical (unpaired) electrons. The van der Waals surface area contributed by atoms with E-state index in [2.05, 4.69) is 5.32 Å². The second-order valence-corrected chi connectivity index (χ2v) is 2.31. The van der Waals surface area contributed by atoms with Crippen LogP contribution >= 0.6 is 0 Å². The van der Waals surface area contributed by atoms with Gasteiger partial charge in [0.05, 0.1) is 0 Å². The molecule has 13 heavy (non-hydrogen) atoms. The van der Waals surface area contributed by atoms with E-state index < -0.39 is 11.9 Å². The van der Waals surface area contributed by atoms with E-state index in [0.29, 0.717) is 19.6 Å². The molecule has 2 N–H and O–H groups in total. The Balaban J connectivity index is 3.46. The zero-order valence-corrected chi connectivity index (χ0v) is 7.45. The highest BCUT2D eigenvalue weighted by molar-refractivity contribution is 5.93. The lowest BCUT2D eigenvalue weighted by Crippen LogP contribution is -2.23. The summed E-state index contributed by atoms with van der Waals surface area (Å²) in [7, 11) is 1.58. The number of carbonyl (C=O) groups excluding carboxylic acids is 1. The van der Waals surface area contributed by atoms with E-state index in [1.807, 2.05) is 0 Å². The number of carbonyl (C=O) groups is 2. The quantitative estimate of drug-likeness (QED) is 0.445. The molecule has 5 nitrogen and oxygen atoms in total. The Morgan fingerprint density at radius 1 is 1.46 bits per heavy atom. The summed E-state index contributed by atoms with van der Waals surface area (Å²) in [4.78, 5) is 20.8. The monoisotopic (exact) mass is 187 g/mol. The third kappa shape index (κ3) is 8.55. The SMILES string of the molecule is COCCCNC(=O)C=CC(=O)O. The highest BCUT2D eigenvalue weighted by Crippen LogP contribution is 1.79. The third-order valence-corrected chi connectivity index (χ3v) is 1.20. The summed E-state index contributed by atoms with van der Waals surface area (Å²) < 4.78 is 4.76. The Hall–Kier alpha value is -1.36. The number of carboxylic acid groups (broad SMARTS) is 1. The van der Waals surface area contributed by atoms with Gasteiger partial charge in [-0.2, -0.15) is 0 Å². The molecule has 0 bridgehead atoms. The summed E-state index contributed by atoms with van der Waals surface area (Å²) in [6.45, 7) is 1.06. The van der Waals surface area contributed by atoms with Crippen LogP contribution in [0.5, 0.6) is 0 Å². The zero-order chi connectivity index (χ0) is 10.1. The van der Waals surface area contributed by atoms with Crippen LogP contribution in [0.15, 0.2) is 12.2 Å². The Bertz CT molecular complexity index is 200. The zero-order valence-electron chi connectivity index (χ0n) is 7.45. The van der Waals surface area contributed by atoms with Gasteiger partial charge >= 0.3 is 5.97 Å². The predicted molar refractivity (Wildman–Crippen MR) is 46.3 cm³/mol. The Labute approximate surface area is 76.4 Å². The number of nitrogens with one attached hydrogen (secondary N) is 1. The maximum absolute atomic E-state index is 10.8. The van der Waals surface area contributed by atoms with Gasteiger partial charge in [-0.3, -0.25) is 4.79 Å². The topological polar surface area (TPSA) is 75.6 Å².